The van der Waals surface area contributed by atoms with Crippen LogP contribution in [-0.4, -0.2) is 43.7 Å². The topological polar surface area (TPSA) is 112 Å². The van der Waals surface area contributed by atoms with E-state index >= 15 is 0 Å². The Kier molecular flexibility index (Phi) is 3.67. The maximum absolute atomic E-state index is 12.1. The number of nitrogens with one attached hydrogen (secondary N) is 1. The maximum Gasteiger partial charge on any atom is 0.278 e. The minimum Gasteiger partial charge on any atom is -0.426 e. The summed E-state index contributed by atoms with van der Waals surface area (Å²) in [4.78, 5) is 18.6. The van der Waals surface area contributed by atoms with Gasteiger partial charge in [0.1, 0.15) is 11.6 Å². The molecule has 0 fully saturated rings. The second-order valence-corrected chi connectivity index (χ2v) is 4.61. The molecule has 0 amide bonds. The molecule has 3 aromatic rings. The zero-order valence-electron chi connectivity index (χ0n) is 11.0. The summed E-state index contributed by atoms with van der Waals surface area (Å²) in [5.74, 6) is 0.339. The second-order valence-electron chi connectivity index (χ2n) is 4.25. The van der Waals surface area contributed by atoms with Gasteiger partial charge in [0, 0.05) is 20.1 Å². The van der Waals surface area contributed by atoms with Crippen molar-refractivity contribution in [2.75, 3.05) is 13.7 Å². The van der Waals surface area contributed by atoms with Gasteiger partial charge in [-0.1, -0.05) is 0 Å². The SMILES string of the molecule is COCCC(c1nnco1)n1ncc2nc(Cl)[nH]c(=O)c21. The van der Waals surface area contributed by atoms with E-state index in [1.165, 1.54) is 17.3 Å². The van der Waals surface area contributed by atoms with Gasteiger partial charge in [0.25, 0.3) is 5.56 Å². The Morgan fingerprint density at radius 2 is 2.43 bits per heavy atom. The van der Waals surface area contributed by atoms with Crippen LogP contribution in [0.15, 0.2) is 21.8 Å². The lowest BCUT2D eigenvalue weighted by Gasteiger charge is -2.13. The Labute approximate surface area is 122 Å². The average molecular weight is 311 g/mol. The molecule has 0 radical (unpaired) electrons. The Balaban J connectivity index is 2.13. The first kappa shape index (κ1) is 13.7. The predicted molar refractivity (Wildman–Crippen MR) is 72.1 cm³/mol. The molecule has 10 heteroatoms. The summed E-state index contributed by atoms with van der Waals surface area (Å²) in [5, 5.41) is 11.8. The van der Waals surface area contributed by atoms with Gasteiger partial charge in [0.2, 0.25) is 17.6 Å². The first-order chi connectivity index (χ1) is 10.2. The van der Waals surface area contributed by atoms with Crippen molar-refractivity contribution in [2.24, 2.45) is 0 Å². The molecule has 1 N–H and O–H groups in total. The quantitative estimate of drug-likeness (QED) is 0.693. The number of methoxy groups -OCH3 is 1. The van der Waals surface area contributed by atoms with Gasteiger partial charge in [-0.15, -0.1) is 10.2 Å². The molecule has 1 atom stereocenters. The van der Waals surface area contributed by atoms with Gasteiger partial charge in [-0.2, -0.15) is 5.10 Å². The summed E-state index contributed by atoms with van der Waals surface area (Å²) in [5.41, 5.74) is 0.300. The molecule has 110 valence electrons. The van der Waals surface area contributed by atoms with Crippen molar-refractivity contribution in [3.8, 4) is 0 Å². The van der Waals surface area contributed by atoms with Gasteiger partial charge in [-0.05, 0) is 11.6 Å². The molecular formula is C11H11ClN6O3. The van der Waals surface area contributed by atoms with Crippen LogP contribution in [-0.2, 0) is 4.74 Å². The first-order valence-electron chi connectivity index (χ1n) is 6.08. The monoisotopic (exact) mass is 310 g/mol. The molecule has 0 saturated carbocycles. The van der Waals surface area contributed by atoms with Crippen LogP contribution in [0.25, 0.3) is 11.0 Å². The molecular weight excluding hydrogens is 300 g/mol. The molecule has 0 aliphatic rings. The van der Waals surface area contributed by atoms with E-state index in [2.05, 4.69) is 25.3 Å². The van der Waals surface area contributed by atoms with Crippen molar-refractivity contribution in [2.45, 2.75) is 12.5 Å². The van der Waals surface area contributed by atoms with Gasteiger partial charge in [0.05, 0.1) is 6.20 Å². The number of halogens is 1. The normalized spacial score (nSPS) is 12.9. The maximum atomic E-state index is 12.1. The van der Waals surface area contributed by atoms with Gasteiger partial charge < -0.3 is 9.15 Å². The van der Waals surface area contributed by atoms with Crippen LogP contribution in [0.4, 0.5) is 0 Å². The molecule has 1 unspecified atom stereocenters. The lowest BCUT2D eigenvalue weighted by atomic mass is 10.2. The van der Waals surface area contributed by atoms with Crippen LogP contribution in [0.1, 0.15) is 18.4 Å². The van der Waals surface area contributed by atoms with Crippen LogP contribution < -0.4 is 5.56 Å². The third-order valence-corrected chi connectivity index (χ3v) is 3.16. The van der Waals surface area contributed by atoms with Crippen molar-refractivity contribution in [1.29, 1.82) is 0 Å². The zero-order chi connectivity index (χ0) is 14.8. The lowest BCUT2D eigenvalue weighted by Crippen LogP contribution is -2.20. The van der Waals surface area contributed by atoms with Crippen molar-refractivity contribution in [3.05, 3.63) is 34.1 Å². The van der Waals surface area contributed by atoms with Crippen LogP contribution in [0.5, 0.6) is 0 Å². The molecule has 0 spiro atoms. The highest BCUT2D eigenvalue weighted by Gasteiger charge is 2.23. The summed E-state index contributed by atoms with van der Waals surface area (Å²) in [6, 6.07) is -0.422. The van der Waals surface area contributed by atoms with Gasteiger partial charge >= 0.3 is 0 Å². The summed E-state index contributed by atoms with van der Waals surface area (Å²) in [6.07, 6.45) is 3.20. The number of ether oxygens (including phenoxy) is 1. The van der Waals surface area contributed by atoms with Crippen LogP contribution in [0.3, 0.4) is 0 Å². The Morgan fingerprint density at radius 1 is 1.57 bits per heavy atom. The number of H-pyrrole nitrogens is 1. The molecule has 0 aliphatic carbocycles. The van der Waals surface area contributed by atoms with Crippen molar-refractivity contribution in [1.82, 2.24) is 29.9 Å². The molecule has 0 aliphatic heterocycles. The van der Waals surface area contributed by atoms with E-state index in [1.807, 2.05) is 0 Å². The number of fused-ring (bicyclic) bond motifs is 1. The third kappa shape index (κ3) is 2.52. The summed E-state index contributed by atoms with van der Waals surface area (Å²) < 4.78 is 11.8. The average Bonchev–Trinajstić information content (AvgIpc) is 3.09. The largest absolute Gasteiger partial charge is 0.426 e. The number of aromatic amines is 1. The fourth-order valence-corrected chi connectivity index (χ4v) is 2.26. The van der Waals surface area contributed by atoms with Gasteiger partial charge in [0.15, 0.2) is 5.52 Å². The zero-order valence-corrected chi connectivity index (χ0v) is 11.7. The molecule has 9 nitrogen and oxygen atoms in total. The molecule has 21 heavy (non-hydrogen) atoms. The minimum atomic E-state index is -0.422. The highest BCUT2D eigenvalue weighted by Crippen LogP contribution is 2.22. The highest BCUT2D eigenvalue weighted by atomic mass is 35.5. The van der Waals surface area contributed by atoms with E-state index in [9.17, 15) is 4.79 Å². The fraction of sp³-hybridized carbons (Fsp3) is 0.364. The summed E-state index contributed by atoms with van der Waals surface area (Å²) in [7, 11) is 1.58. The molecule has 3 rings (SSSR count). The van der Waals surface area contributed by atoms with Crippen LogP contribution in [0, 0.1) is 0 Å². The Bertz CT molecular complexity index is 796. The predicted octanol–water partition coefficient (Wildman–Crippen LogP) is 0.782. The van der Waals surface area contributed by atoms with E-state index in [1.54, 1.807) is 7.11 Å². The van der Waals surface area contributed by atoms with Crippen LogP contribution in [0.2, 0.25) is 5.28 Å². The summed E-state index contributed by atoms with van der Waals surface area (Å²) in [6.45, 7) is 0.438. The minimum absolute atomic E-state index is 0.0123. The van der Waals surface area contributed by atoms with E-state index in [0.717, 1.165) is 0 Å². The highest BCUT2D eigenvalue weighted by molar-refractivity contribution is 6.28. The standard InChI is InChI=1S/C11H11ClN6O3/c1-20-3-2-7(10-17-13-5-21-10)18-8-6(4-14-18)15-11(12)16-9(8)19/h4-5,7H,2-3H2,1H3,(H,15,16,19). The third-order valence-electron chi connectivity index (χ3n) is 2.98. The number of aromatic nitrogens is 6. The molecule has 0 aromatic carbocycles. The second kappa shape index (κ2) is 5.62. The Hall–Kier alpha value is -2.26. The summed E-state index contributed by atoms with van der Waals surface area (Å²) >= 11 is 5.73. The van der Waals surface area contributed by atoms with Gasteiger partial charge in [-0.25, -0.2) is 9.67 Å². The number of rotatable bonds is 5. The van der Waals surface area contributed by atoms with Crippen molar-refractivity contribution < 1.29 is 9.15 Å². The van der Waals surface area contributed by atoms with E-state index in [-0.39, 0.29) is 10.8 Å². The lowest BCUT2D eigenvalue weighted by molar-refractivity contribution is 0.177. The number of hydrogen-bond acceptors (Lipinski definition) is 7. The molecule has 0 saturated heterocycles. The smallest absolute Gasteiger partial charge is 0.278 e. The fourth-order valence-electron chi connectivity index (χ4n) is 2.08. The van der Waals surface area contributed by atoms with E-state index in [0.29, 0.717) is 30.0 Å². The van der Waals surface area contributed by atoms with Crippen molar-refractivity contribution in [3.63, 3.8) is 0 Å². The van der Waals surface area contributed by atoms with Gasteiger partial charge in [-0.3, -0.25) is 9.78 Å². The Morgan fingerprint density at radius 3 is 3.14 bits per heavy atom. The first-order valence-corrected chi connectivity index (χ1v) is 6.46. The van der Waals surface area contributed by atoms with Crippen LogP contribution >= 0.6 is 11.6 Å². The molecule has 3 aromatic heterocycles. The van der Waals surface area contributed by atoms with E-state index in [4.69, 9.17) is 20.8 Å². The number of nitrogens with zero attached hydrogens (tertiary/aromatic N) is 5. The molecule has 3 heterocycles. The van der Waals surface area contributed by atoms with Crippen molar-refractivity contribution >= 4 is 22.6 Å². The molecule has 0 bridgehead atoms. The van der Waals surface area contributed by atoms with E-state index < -0.39 is 6.04 Å². The number of hydrogen-bond donors (Lipinski definition) is 1.